The quantitative estimate of drug-likeness (QED) is 0.922. The van der Waals surface area contributed by atoms with E-state index in [1.165, 1.54) is 19.3 Å². The molecule has 2 atom stereocenters. The summed E-state index contributed by atoms with van der Waals surface area (Å²) in [6.45, 7) is 3.16. The first kappa shape index (κ1) is 13.4. The van der Waals surface area contributed by atoms with E-state index in [0.29, 0.717) is 6.04 Å². The molecule has 2 unspecified atom stereocenters. The molecule has 1 aromatic heterocycles. The monoisotopic (exact) mass is 270 g/mol. The number of pyridine rings is 1. The van der Waals surface area contributed by atoms with Gasteiger partial charge in [-0.1, -0.05) is 19.4 Å². The van der Waals surface area contributed by atoms with Gasteiger partial charge in [0.25, 0.3) is 0 Å². The van der Waals surface area contributed by atoms with E-state index in [4.69, 9.17) is 4.74 Å². The number of likely N-dealkylation sites (N-methyl/N-ethyl adjacent to an activating group) is 1. The van der Waals surface area contributed by atoms with E-state index in [2.05, 4.69) is 35.4 Å². The van der Waals surface area contributed by atoms with E-state index in [9.17, 15) is 0 Å². The van der Waals surface area contributed by atoms with Crippen molar-refractivity contribution in [2.24, 2.45) is 0 Å². The number of fused-ring (bicyclic) bond motifs is 1. The van der Waals surface area contributed by atoms with Crippen LogP contribution < -0.4 is 10.1 Å². The van der Waals surface area contributed by atoms with Crippen molar-refractivity contribution < 1.29 is 4.74 Å². The van der Waals surface area contributed by atoms with E-state index in [-0.39, 0.29) is 6.10 Å². The van der Waals surface area contributed by atoms with Gasteiger partial charge in [0, 0.05) is 23.7 Å². The largest absolute Gasteiger partial charge is 0.489 e. The average molecular weight is 270 g/mol. The van der Waals surface area contributed by atoms with Crippen LogP contribution in [-0.4, -0.2) is 23.7 Å². The SMILES string of the molecule is CCNC1CCCCC1Oc1ccc2cccnc2c1. The molecule has 0 aliphatic heterocycles. The first-order valence-electron chi connectivity index (χ1n) is 7.61. The zero-order valence-corrected chi connectivity index (χ0v) is 12.0. The molecule has 0 bridgehead atoms. The predicted molar refractivity (Wildman–Crippen MR) is 82.1 cm³/mol. The summed E-state index contributed by atoms with van der Waals surface area (Å²) in [5.41, 5.74) is 1.00. The normalized spacial score (nSPS) is 22.9. The number of nitrogens with zero attached hydrogens (tertiary/aromatic N) is 1. The van der Waals surface area contributed by atoms with Crippen LogP contribution in [0.4, 0.5) is 0 Å². The second-order valence-corrected chi connectivity index (χ2v) is 5.46. The third kappa shape index (κ3) is 2.93. The molecule has 3 rings (SSSR count). The van der Waals surface area contributed by atoms with Crippen molar-refractivity contribution >= 4 is 10.9 Å². The summed E-state index contributed by atoms with van der Waals surface area (Å²) in [6, 6.07) is 10.7. The summed E-state index contributed by atoms with van der Waals surface area (Å²) in [7, 11) is 0. The Balaban J connectivity index is 1.77. The first-order chi connectivity index (χ1) is 9.86. The number of rotatable bonds is 4. The van der Waals surface area contributed by atoms with Crippen LogP contribution in [0.3, 0.4) is 0 Å². The lowest BCUT2D eigenvalue weighted by Gasteiger charge is -2.32. The van der Waals surface area contributed by atoms with Gasteiger partial charge in [-0.25, -0.2) is 0 Å². The highest BCUT2D eigenvalue weighted by atomic mass is 16.5. The summed E-state index contributed by atoms with van der Waals surface area (Å²) in [6.07, 6.45) is 7.02. The minimum absolute atomic E-state index is 0.282. The maximum Gasteiger partial charge on any atom is 0.122 e. The topological polar surface area (TPSA) is 34.1 Å². The first-order valence-corrected chi connectivity index (χ1v) is 7.61. The second-order valence-electron chi connectivity index (χ2n) is 5.46. The van der Waals surface area contributed by atoms with Crippen LogP contribution in [0.15, 0.2) is 36.5 Å². The molecule has 0 spiro atoms. The molecule has 0 amide bonds. The lowest BCUT2D eigenvalue weighted by Crippen LogP contribution is -2.45. The maximum absolute atomic E-state index is 6.23. The van der Waals surface area contributed by atoms with Crippen LogP contribution >= 0.6 is 0 Å². The van der Waals surface area contributed by atoms with Crippen LogP contribution in [0, 0.1) is 0 Å². The Bertz CT molecular complexity index is 568. The van der Waals surface area contributed by atoms with Crippen molar-refractivity contribution in [2.45, 2.75) is 44.8 Å². The lowest BCUT2D eigenvalue weighted by atomic mass is 9.92. The molecule has 1 N–H and O–H groups in total. The summed E-state index contributed by atoms with van der Waals surface area (Å²) >= 11 is 0. The fraction of sp³-hybridized carbons (Fsp3) is 0.471. The Labute approximate surface area is 120 Å². The molecule has 1 saturated carbocycles. The third-order valence-corrected chi connectivity index (χ3v) is 4.03. The summed E-state index contributed by atoms with van der Waals surface area (Å²) < 4.78 is 6.23. The molecule has 1 fully saturated rings. The molecule has 0 radical (unpaired) electrons. The zero-order chi connectivity index (χ0) is 13.8. The molecule has 0 saturated heterocycles. The van der Waals surface area contributed by atoms with E-state index >= 15 is 0 Å². The van der Waals surface area contributed by atoms with Crippen LogP contribution in [-0.2, 0) is 0 Å². The Morgan fingerprint density at radius 3 is 3.05 bits per heavy atom. The number of ether oxygens (including phenoxy) is 1. The van der Waals surface area contributed by atoms with Gasteiger partial charge in [0.2, 0.25) is 0 Å². The summed E-state index contributed by atoms with van der Waals surface area (Å²) in [4.78, 5) is 4.39. The number of benzene rings is 1. The smallest absolute Gasteiger partial charge is 0.122 e. The number of hydrogen-bond acceptors (Lipinski definition) is 3. The van der Waals surface area contributed by atoms with E-state index < -0.39 is 0 Å². The molecule has 1 heterocycles. The highest BCUT2D eigenvalue weighted by Crippen LogP contribution is 2.26. The minimum atomic E-state index is 0.282. The van der Waals surface area contributed by atoms with Crippen molar-refractivity contribution in [1.29, 1.82) is 0 Å². The third-order valence-electron chi connectivity index (χ3n) is 4.03. The highest BCUT2D eigenvalue weighted by molar-refractivity contribution is 5.79. The molecule has 20 heavy (non-hydrogen) atoms. The molecule has 106 valence electrons. The van der Waals surface area contributed by atoms with Gasteiger partial charge in [0.15, 0.2) is 0 Å². The van der Waals surface area contributed by atoms with Gasteiger partial charge in [-0.05, 0) is 44.0 Å². The molecule has 1 aromatic carbocycles. The predicted octanol–water partition coefficient (Wildman–Crippen LogP) is 3.53. The standard InChI is InChI=1S/C17H22N2O/c1-2-18-15-7-3-4-8-17(15)20-14-10-9-13-6-5-11-19-16(13)12-14/h5-6,9-12,15,17-18H,2-4,7-8H2,1H3. The van der Waals surface area contributed by atoms with Crippen molar-refractivity contribution in [3.05, 3.63) is 36.5 Å². The zero-order valence-electron chi connectivity index (χ0n) is 12.0. The fourth-order valence-corrected chi connectivity index (χ4v) is 3.03. The van der Waals surface area contributed by atoms with Gasteiger partial charge in [0.05, 0.1) is 5.52 Å². The Morgan fingerprint density at radius 2 is 2.15 bits per heavy atom. The Hall–Kier alpha value is -1.61. The Morgan fingerprint density at radius 1 is 1.25 bits per heavy atom. The van der Waals surface area contributed by atoms with Gasteiger partial charge < -0.3 is 10.1 Å². The number of nitrogens with one attached hydrogen (secondary N) is 1. The van der Waals surface area contributed by atoms with Crippen molar-refractivity contribution in [3.63, 3.8) is 0 Å². The number of aromatic nitrogens is 1. The van der Waals surface area contributed by atoms with E-state index in [0.717, 1.165) is 29.6 Å². The molecular formula is C17H22N2O. The van der Waals surface area contributed by atoms with Crippen molar-refractivity contribution in [3.8, 4) is 5.75 Å². The second kappa shape index (κ2) is 6.23. The van der Waals surface area contributed by atoms with Crippen molar-refractivity contribution in [2.75, 3.05) is 6.54 Å². The van der Waals surface area contributed by atoms with Crippen LogP contribution in [0.1, 0.15) is 32.6 Å². The Kier molecular flexibility index (Phi) is 4.16. The summed E-state index contributed by atoms with van der Waals surface area (Å²) in [5.74, 6) is 0.936. The molecule has 3 nitrogen and oxygen atoms in total. The van der Waals surface area contributed by atoms with Gasteiger partial charge in [-0.3, -0.25) is 4.98 Å². The molecular weight excluding hydrogens is 248 g/mol. The van der Waals surface area contributed by atoms with Gasteiger partial charge >= 0.3 is 0 Å². The summed E-state index contributed by atoms with van der Waals surface area (Å²) in [5, 5.41) is 4.71. The maximum atomic E-state index is 6.23. The van der Waals surface area contributed by atoms with Crippen LogP contribution in [0.5, 0.6) is 5.75 Å². The fourth-order valence-electron chi connectivity index (χ4n) is 3.03. The number of hydrogen-bond donors (Lipinski definition) is 1. The van der Waals surface area contributed by atoms with Crippen molar-refractivity contribution in [1.82, 2.24) is 10.3 Å². The average Bonchev–Trinajstić information content (AvgIpc) is 2.49. The van der Waals surface area contributed by atoms with E-state index in [1.807, 2.05) is 18.3 Å². The molecule has 1 aliphatic rings. The molecule has 2 aromatic rings. The van der Waals surface area contributed by atoms with Gasteiger partial charge in [0.1, 0.15) is 11.9 Å². The molecule has 3 heteroatoms. The minimum Gasteiger partial charge on any atom is -0.489 e. The van der Waals surface area contributed by atoms with Gasteiger partial charge in [-0.2, -0.15) is 0 Å². The molecule has 1 aliphatic carbocycles. The highest BCUT2D eigenvalue weighted by Gasteiger charge is 2.25. The van der Waals surface area contributed by atoms with Crippen LogP contribution in [0.25, 0.3) is 10.9 Å². The van der Waals surface area contributed by atoms with Crippen LogP contribution in [0.2, 0.25) is 0 Å². The lowest BCUT2D eigenvalue weighted by molar-refractivity contribution is 0.115. The van der Waals surface area contributed by atoms with Gasteiger partial charge in [-0.15, -0.1) is 0 Å². The van der Waals surface area contributed by atoms with E-state index in [1.54, 1.807) is 0 Å².